The second-order valence-electron chi connectivity index (χ2n) is 2.32. The highest BCUT2D eigenvalue weighted by Gasteiger charge is 2.34. The highest BCUT2D eigenvalue weighted by molar-refractivity contribution is 5.13. The van der Waals surface area contributed by atoms with Gasteiger partial charge in [0.15, 0.2) is 0 Å². The number of hydrogen-bond donors (Lipinski definition) is 0. The Hall–Kier alpha value is -1.26. The zero-order valence-corrected chi connectivity index (χ0v) is 6.11. The third-order valence-corrected chi connectivity index (χ3v) is 1.19. The fourth-order valence-electron chi connectivity index (χ4n) is 0.741. The number of alkyl halides is 3. The molecule has 1 heterocycles. The van der Waals surface area contributed by atoms with Gasteiger partial charge in [-0.1, -0.05) is 0 Å². The lowest BCUT2D eigenvalue weighted by Gasteiger charge is -2.03. The van der Waals surface area contributed by atoms with Crippen LogP contribution in [-0.2, 0) is 6.18 Å². The van der Waals surface area contributed by atoms with Gasteiger partial charge in [-0.3, -0.25) is 0 Å². The average molecular weight is 178 g/mol. The van der Waals surface area contributed by atoms with Gasteiger partial charge in [-0.15, -0.1) is 0 Å². The summed E-state index contributed by atoms with van der Waals surface area (Å²) in [5.74, 6) is -1.26. The first-order valence-electron chi connectivity index (χ1n) is 3.08. The summed E-state index contributed by atoms with van der Waals surface area (Å²) in [6, 6.07) is 1.77. The van der Waals surface area contributed by atoms with Crippen molar-refractivity contribution in [3.63, 3.8) is 0 Å². The molecule has 0 aliphatic carbocycles. The molecule has 0 amide bonds. The van der Waals surface area contributed by atoms with Crippen molar-refractivity contribution < 1.29 is 17.6 Å². The molecule has 0 radical (unpaired) electrons. The Morgan fingerprint density at radius 1 is 1.33 bits per heavy atom. The number of halogens is 3. The molecule has 12 heavy (non-hydrogen) atoms. The molecule has 1 aromatic rings. The van der Waals surface area contributed by atoms with Crippen molar-refractivity contribution in [2.75, 3.05) is 0 Å². The Morgan fingerprint density at radius 3 is 2.33 bits per heavy atom. The molecule has 0 fully saturated rings. The van der Waals surface area contributed by atoms with E-state index in [1.165, 1.54) is 6.92 Å². The molecule has 0 N–H and O–H groups in total. The topological polar surface area (TPSA) is 30.2 Å². The maximum absolute atomic E-state index is 11.9. The van der Waals surface area contributed by atoms with Crippen LogP contribution in [0.1, 0.15) is 11.3 Å². The fourth-order valence-corrected chi connectivity index (χ4v) is 0.741. The molecule has 0 aliphatic heterocycles. The molecule has 1 rings (SSSR count). The Morgan fingerprint density at radius 2 is 1.92 bits per heavy atom. The molecule has 0 atom stereocenters. The molecule has 0 bridgehead atoms. The van der Waals surface area contributed by atoms with Crippen molar-refractivity contribution in [1.82, 2.24) is 0 Å². The fraction of sp³-hybridized carbons (Fsp3) is 0.286. The van der Waals surface area contributed by atoms with Gasteiger partial charge in [0.25, 0.3) is 0 Å². The van der Waals surface area contributed by atoms with Crippen LogP contribution in [0.25, 0.3) is 0 Å². The first kappa shape index (κ1) is 8.83. The summed E-state index contributed by atoms with van der Waals surface area (Å²) in [7, 11) is 0. The van der Waals surface area contributed by atoms with Crippen molar-refractivity contribution in [3.05, 3.63) is 33.9 Å². The Bertz CT molecular complexity index is 337. The largest absolute Gasteiger partial charge is 0.449 e. The van der Waals surface area contributed by atoms with Crippen molar-refractivity contribution in [2.24, 2.45) is 0 Å². The summed E-state index contributed by atoms with van der Waals surface area (Å²) in [5, 5.41) is 0. The molecule has 0 aliphatic rings. The van der Waals surface area contributed by atoms with E-state index in [2.05, 4.69) is 4.42 Å². The van der Waals surface area contributed by atoms with E-state index in [-0.39, 0.29) is 5.56 Å². The Balaban J connectivity index is 3.27. The standard InChI is InChI=1S/C7H5F3O2/c1-4-2-5(7(8,9)10)12-6(11)3-4/h2-3H,1H3. The van der Waals surface area contributed by atoms with E-state index in [1.807, 2.05) is 0 Å². The lowest BCUT2D eigenvalue weighted by Crippen LogP contribution is -2.10. The van der Waals surface area contributed by atoms with Gasteiger partial charge >= 0.3 is 11.8 Å². The lowest BCUT2D eigenvalue weighted by atomic mass is 10.3. The summed E-state index contributed by atoms with van der Waals surface area (Å²) in [6.45, 7) is 1.40. The van der Waals surface area contributed by atoms with E-state index in [1.54, 1.807) is 0 Å². The van der Waals surface area contributed by atoms with Crippen LogP contribution in [-0.4, -0.2) is 0 Å². The van der Waals surface area contributed by atoms with Crippen LogP contribution in [0.2, 0.25) is 0 Å². The van der Waals surface area contributed by atoms with Gasteiger partial charge in [-0.2, -0.15) is 13.2 Å². The van der Waals surface area contributed by atoms with Gasteiger partial charge in [-0.05, 0) is 18.6 Å². The Labute approximate surface area is 65.6 Å². The summed E-state index contributed by atoms with van der Waals surface area (Å²) in [6.07, 6.45) is -4.59. The molecule has 1 aromatic heterocycles. The van der Waals surface area contributed by atoms with Gasteiger partial charge in [0.2, 0.25) is 5.76 Å². The molecule has 0 unspecified atom stereocenters. The predicted molar refractivity (Wildman–Crippen MR) is 34.7 cm³/mol. The second-order valence-corrected chi connectivity index (χ2v) is 2.32. The molecular weight excluding hydrogens is 173 g/mol. The van der Waals surface area contributed by atoms with E-state index in [0.717, 1.165) is 12.1 Å². The van der Waals surface area contributed by atoms with Gasteiger partial charge < -0.3 is 4.42 Å². The van der Waals surface area contributed by atoms with Crippen LogP contribution in [0, 0.1) is 6.92 Å². The van der Waals surface area contributed by atoms with Gasteiger partial charge in [-0.25, -0.2) is 4.79 Å². The second kappa shape index (κ2) is 2.66. The monoisotopic (exact) mass is 178 g/mol. The summed E-state index contributed by atoms with van der Waals surface area (Å²) in [5.41, 5.74) is -0.749. The normalized spacial score (nSPS) is 11.7. The molecule has 5 heteroatoms. The third kappa shape index (κ3) is 1.87. The van der Waals surface area contributed by atoms with Gasteiger partial charge in [0.05, 0.1) is 0 Å². The van der Waals surface area contributed by atoms with Gasteiger partial charge in [0, 0.05) is 6.07 Å². The molecular formula is C7H5F3O2. The lowest BCUT2D eigenvalue weighted by molar-refractivity contribution is -0.154. The number of rotatable bonds is 0. The quantitative estimate of drug-likeness (QED) is 0.607. The van der Waals surface area contributed by atoms with E-state index < -0.39 is 17.6 Å². The molecule has 66 valence electrons. The van der Waals surface area contributed by atoms with Crippen molar-refractivity contribution in [1.29, 1.82) is 0 Å². The highest BCUT2D eigenvalue weighted by atomic mass is 19.4. The summed E-state index contributed by atoms with van der Waals surface area (Å²) < 4.78 is 39.7. The molecule has 0 aromatic carbocycles. The average Bonchev–Trinajstić information content (AvgIpc) is 1.82. The minimum atomic E-state index is -4.59. The smallest absolute Gasteiger partial charge is 0.418 e. The minimum Gasteiger partial charge on any atom is -0.418 e. The molecule has 2 nitrogen and oxygen atoms in total. The first-order chi connectivity index (χ1) is 5.39. The van der Waals surface area contributed by atoms with Gasteiger partial charge in [0.1, 0.15) is 0 Å². The van der Waals surface area contributed by atoms with Crippen LogP contribution in [0.15, 0.2) is 21.3 Å². The minimum absolute atomic E-state index is 0.235. The van der Waals surface area contributed by atoms with Crippen molar-refractivity contribution >= 4 is 0 Å². The maximum atomic E-state index is 11.9. The van der Waals surface area contributed by atoms with Crippen molar-refractivity contribution in [2.45, 2.75) is 13.1 Å². The van der Waals surface area contributed by atoms with E-state index >= 15 is 0 Å². The van der Waals surface area contributed by atoms with Crippen LogP contribution >= 0.6 is 0 Å². The van der Waals surface area contributed by atoms with Crippen molar-refractivity contribution in [3.8, 4) is 0 Å². The zero-order chi connectivity index (χ0) is 9.35. The maximum Gasteiger partial charge on any atom is 0.449 e. The SMILES string of the molecule is Cc1cc(C(F)(F)F)oc(=O)c1. The van der Waals surface area contributed by atoms with Crippen LogP contribution in [0.3, 0.4) is 0 Å². The third-order valence-electron chi connectivity index (χ3n) is 1.19. The Kier molecular flexibility index (Phi) is 1.95. The van der Waals surface area contributed by atoms with Crippen LogP contribution < -0.4 is 5.63 Å². The van der Waals surface area contributed by atoms with E-state index in [0.29, 0.717) is 0 Å². The molecule has 0 saturated heterocycles. The first-order valence-corrected chi connectivity index (χ1v) is 3.08. The summed E-state index contributed by atoms with van der Waals surface area (Å²) >= 11 is 0. The molecule has 0 saturated carbocycles. The number of aryl methyl sites for hydroxylation is 1. The van der Waals surface area contributed by atoms with Crippen LogP contribution in [0.4, 0.5) is 13.2 Å². The predicted octanol–water partition coefficient (Wildman–Crippen LogP) is 1.97. The van der Waals surface area contributed by atoms with Crippen LogP contribution in [0.5, 0.6) is 0 Å². The highest BCUT2D eigenvalue weighted by Crippen LogP contribution is 2.28. The van der Waals surface area contributed by atoms with E-state index in [4.69, 9.17) is 0 Å². The van der Waals surface area contributed by atoms with E-state index in [9.17, 15) is 18.0 Å². The zero-order valence-electron chi connectivity index (χ0n) is 6.11. The molecule has 0 spiro atoms. The summed E-state index contributed by atoms with van der Waals surface area (Å²) in [4.78, 5) is 10.5. The number of hydrogen-bond acceptors (Lipinski definition) is 2.